The molecule has 0 bridgehead atoms. The van der Waals surface area contributed by atoms with Crippen LogP contribution in [0.4, 0.5) is 5.69 Å². The largest absolute Gasteiger partial charge is 0.481 e. The third kappa shape index (κ3) is 5.31. The van der Waals surface area contributed by atoms with Crippen molar-refractivity contribution in [3.63, 3.8) is 0 Å². The maximum Gasteiger partial charge on any atom is 0.313 e. The van der Waals surface area contributed by atoms with E-state index >= 15 is 0 Å². The highest BCUT2D eigenvalue weighted by Crippen LogP contribution is 2.12. The topological polar surface area (TPSA) is 84.2 Å². The van der Waals surface area contributed by atoms with Crippen molar-refractivity contribution in [2.75, 3.05) is 16.8 Å². The van der Waals surface area contributed by atoms with Crippen molar-refractivity contribution in [2.45, 2.75) is 6.54 Å². The summed E-state index contributed by atoms with van der Waals surface area (Å²) in [5.74, 6) is -1.08. The number of hydrogen-bond acceptors (Lipinski definition) is 4. The highest BCUT2D eigenvalue weighted by atomic mass is 32.2. The molecule has 0 aliphatic carbocycles. The number of nitrogens with one attached hydrogen (secondary N) is 1. The Morgan fingerprint density at radius 1 is 1.33 bits per heavy atom. The highest BCUT2D eigenvalue weighted by Gasteiger charge is 2.05. The molecule has 0 saturated heterocycles. The van der Waals surface area contributed by atoms with Gasteiger partial charge in [0.05, 0.1) is 17.8 Å². The normalized spacial score (nSPS) is 10.3. The summed E-state index contributed by atoms with van der Waals surface area (Å²) in [4.78, 5) is 26.0. The number of anilines is 1. The van der Waals surface area contributed by atoms with Gasteiger partial charge in [-0.2, -0.15) is 0 Å². The predicted octanol–water partition coefficient (Wildman–Crippen LogP) is 1.69. The minimum absolute atomic E-state index is 0.0753. The number of carboxylic acid groups (broad SMARTS) is 1. The first-order valence-corrected chi connectivity index (χ1v) is 7.43. The Kier molecular flexibility index (Phi) is 5.39. The van der Waals surface area contributed by atoms with Crippen LogP contribution in [-0.4, -0.2) is 38.0 Å². The molecule has 6 nitrogen and oxygen atoms in total. The molecule has 0 radical (unpaired) electrons. The average molecular weight is 305 g/mol. The summed E-state index contributed by atoms with van der Waals surface area (Å²) >= 11 is 1.07. The number of carbonyl (C=O) groups is 2. The van der Waals surface area contributed by atoms with Crippen molar-refractivity contribution in [1.29, 1.82) is 0 Å². The molecule has 1 aromatic carbocycles. The van der Waals surface area contributed by atoms with Gasteiger partial charge in [-0.25, -0.2) is 4.98 Å². The second-order valence-corrected chi connectivity index (χ2v) is 5.36. The standard InChI is InChI=1S/C14H15N3O3S/c18-13(8-21-9-14(19)20)16-12-3-1-2-11(6-12)7-17-5-4-15-10-17/h1-6,10H,7-9H2,(H,16,18)(H,19,20). The SMILES string of the molecule is O=C(O)CSCC(=O)Nc1cccc(Cn2ccnc2)c1. The van der Waals surface area contributed by atoms with Crippen LogP contribution >= 0.6 is 11.8 Å². The second-order valence-electron chi connectivity index (χ2n) is 4.37. The second kappa shape index (κ2) is 7.49. The van der Waals surface area contributed by atoms with Gasteiger partial charge in [-0.3, -0.25) is 9.59 Å². The van der Waals surface area contributed by atoms with Gasteiger partial charge in [-0.1, -0.05) is 12.1 Å². The summed E-state index contributed by atoms with van der Waals surface area (Å²) in [7, 11) is 0. The van der Waals surface area contributed by atoms with E-state index in [2.05, 4.69) is 10.3 Å². The molecular formula is C14H15N3O3S. The van der Waals surface area contributed by atoms with Gasteiger partial charge in [0.2, 0.25) is 5.91 Å². The van der Waals surface area contributed by atoms with Gasteiger partial charge in [-0.05, 0) is 17.7 Å². The highest BCUT2D eigenvalue weighted by molar-refractivity contribution is 8.00. The van der Waals surface area contributed by atoms with E-state index in [1.54, 1.807) is 18.6 Å². The van der Waals surface area contributed by atoms with Crippen molar-refractivity contribution in [3.05, 3.63) is 48.5 Å². The molecule has 1 aromatic heterocycles. The van der Waals surface area contributed by atoms with Crippen LogP contribution in [0.3, 0.4) is 0 Å². The van der Waals surface area contributed by atoms with E-state index in [1.165, 1.54) is 0 Å². The number of rotatable bonds is 7. The van der Waals surface area contributed by atoms with Gasteiger partial charge < -0.3 is 15.0 Å². The lowest BCUT2D eigenvalue weighted by Crippen LogP contribution is -2.15. The van der Waals surface area contributed by atoms with Crippen LogP contribution in [0.15, 0.2) is 43.0 Å². The number of thioether (sulfide) groups is 1. The quantitative estimate of drug-likeness (QED) is 0.813. The van der Waals surface area contributed by atoms with Crippen LogP contribution in [0.1, 0.15) is 5.56 Å². The van der Waals surface area contributed by atoms with E-state index in [0.29, 0.717) is 12.2 Å². The fraction of sp³-hybridized carbons (Fsp3) is 0.214. The number of benzene rings is 1. The van der Waals surface area contributed by atoms with Crippen molar-refractivity contribution in [3.8, 4) is 0 Å². The Morgan fingerprint density at radius 2 is 2.19 bits per heavy atom. The number of imidazole rings is 1. The molecule has 21 heavy (non-hydrogen) atoms. The molecule has 0 aliphatic heterocycles. The van der Waals surface area contributed by atoms with Gasteiger partial charge in [0, 0.05) is 24.6 Å². The summed E-state index contributed by atoms with van der Waals surface area (Å²) in [6, 6.07) is 7.53. The van der Waals surface area contributed by atoms with E-state index in [-0.39, 0.29) is 17.4 Å². The number of carboxylic acids is 1. The summed E-state index contributed by atoms with van der Waals surface area (Å²) in [6.45, 7) is 0.678. The first-order chi connectivity index (χ1) is 10.1. The first-order valence-electron chi connectivity index (χ1n) is 6.27. The minimum Gasteiger partial charge on any atom is -0.481 e. The van der Waals surface area contributed by atoms with Crippen LogP contribution in [0.25, 0.3) is 0 Å². The molecule has 2 rings (SSSR count). The molecule has 110 valence electrons. The monoisotopic (exact) mass is 305 g/mol. The Bertz CT molecular complexity index is 614. The lowest BCUT2D eigenvalue weighted by molar-refractivity contribution is -0.133. The Hall–Kier alpha value is -2.28. The summed E-state index contributed by atoms with van der Waals surface area (Å²) in [6.07, 6.45) is 5.31. The molecule has 0 unspecified atom stereocenters. The van der Waals surface area contributed by atoms with Gasteiger partial charge in [0.1, 0.15) is 0 Å². The number of amides is 1. The number of carbonyl (C=O) groups excluding carboxylic acids is 1. The number of nitrogens with zero attached hydrogens (tertiary/aromatic N) is 2. The zero-order valence-electron chi connectivity index (χ0n) is 11.2. The van der Waals surface area contributed by atoms with E-state index in [9.17, 15) is 9.59 Å². The van der Waals surface area contributed by atoms with E-state index in [1.807, 2.05) is 29.0 Å². The van der Waals surface area contributed by atoms with Crippen LogP contribution in [0.2, 0.25) is 0 Å². The zero-order valence-corrected chi connectivity index (χ0v) is 12.0. The lowest BCUT2D eigenvalue weighted by Gasteiger charge is -2.07. The van der Waals surface area contributed by atoms with E-state index in [4.69, 9.17) is 5.11 Å². The molecule has 0 saturated carbocycles. The molecule has 0 atom stereocenters. The molecule has 0 spiro atoms. The van der Waals surface area contributed by atoms with Crippen molar-refractivity contribution < 1.29 is 14.7 Å². The fourth-order valence-corrected chi connectivity index (χ4v) is 2.30. The summed E-state index contributed by atoms with van der Waals surface area (Å²) in [5, 5.41) is 11.3. The van der Waals surface area contributed by atoms with Crippen LogP contribution in [-0.2, 0) is 16.1 Å². The minimum atomic E-state index is -0.921. The van der Waals surface area contributed by atoms with Crippen molar-refractivity contribution >= 4 is 29.3 Å². The molecule has 7 heteroatoms. The molecule has 0 fully saturated rings. The zero-order chi connectivity index (χ0) is 15.1. The molecule has 2 aromatic rings. The summed E-state index contributed by atoms with van der Waals surface area (Å²) in [5.41, 5.74) is 1.75. The van der Waals surface area contributed by atoms with Crippen LogP contribution in [0.5, 0.6) is 0 Å². The van der Waals surface area contributed by atoms with Gasteiger partial charge >= 0.3 is 5.97 Å². The van der Waals surface area contributed by atoms with Gasteiger partial charge in [-0.15, -0.1) is 11.8 Å². The molecule has 1 amide bonds. The third-order valence-electron chi connectivity index (χ3n) is 2.59. The number of aromatic nitrogens is 2. The smallest absolute Gasteiger partial charge is 0.313 e. The predicted molar refractivity (Wildman–Crippen MR) is 81.4 cm³/mol. The van der Waals surface area contributed by atoms with Crippen molar-refractivity contribution in [1.82, 2.24) is 9.55 Å². The van der Waals surface area contributed by atoms with Gasteiger partial charge in [0.15, 0.2) is 0 Å². The first kappa shape index (κ1) is 15.1. The molecule has 0 aliphatic rings. The Morgan fingerprint density at radius 3 is 2.90 bits per heavy atom. The average Bonchev–Trinajstić information content (AvgIpc) is 2.91. The summed E-state index contributed by atoms with van der Waals surface area (Å²) < 4.78 is 1.93. The Balaban J connectivity index is 1.88. The number of hydrogen-bond donors (Lipinski definition) is 2. The maximum atomic E-state index is 11.7. The number of aliphatic carboxylic acids is 1. The lowest BCUT2D eigenvalue weighted by atomic mass is 10.2. The fourth-order valence-electron chi connectivity index (χ4n) is 1.77. The van der Waals surface area contributed by atoms with Gasteiger partial charge in [0.25, 0.3) is 0 Å². The van der Waals surface area contributed by atoms with E-state index < -0.39 is 5.97 Å². The van der Waals surface area contributed by atoms with E-state index in [0.717, 1.165) is 17.3 Å². The molecular weight excluding hydrogens is 290 g/mol. The maximum absolute atomic E-state index is 11.7. The van der Waals surface area contributed by atoms with Crippen LogP contribution in [0, 0.1) is 0 Å². The Labute approximate surface area is 126 Å². The molecule has 2 N–H and O–H groups in total. The van der Waals surface area contributed by atoms with Crippen molar-refractivity contribution in [2.24, 2.45) is 0 Å². The molecule has 1 heterocycles. The van der Waals surface area contributed by atoms with Crippen LogP contribution < -0.4 is 5.32 Å². The third-order valence-corrected chi connectivity index (χ3v) is 3.51.